The smallest absolute Gasteiger partial charge is 0.227 e. The van der Waals surface area contributed by atoms with Crippen LogP contribution in [-0.2, 0) is 4.79 Å². The van der Waals surface area contributed by atoms with Crippen LogP contribution in [0.5, 0.6) is 0 Å². The van der Waals surface area contributed by atoms with Gasteiger partial charge in [0.1, 0.15) is 0 Å². The summed E-state index contributed by atoms with van der Waals surface area (Å²) < 4.78 is 1.76. The van der Waals surface area contributed by atoms with Crippen LogP contribution in [0.15, 0.2) is 42.7 Å². The number of para-hydroxylation sites is 1. The van der Waals surface area contributed by atoms with Gasteiger partial charge < -0.3 is 10.6 Å². The average molecular weight is 307 g/mol. The third-order valence-electron chi connectivity index (χ3n) is 3.58. The minimum absolute atomic E-state index is 0. The zero-order chi connectivity index (χ0) is 13.8. The van der Waals surface area contributed by atoms with Gasteiger partial charge in [0, 0.05) is 5.92 Å². The van der Waals surface area contributed by atoms with E-state index in [1.54, 1.807) is 10.9 Å². The van der Waals surface area contributed by atoms with Crippen molar-refractivity contribution in [3.8, 4) is 5.69 Å². The number of carbonyl (C=O) groups excluding carboxylic acids is 1. The number of nitrogens with one attached hydrogen (secondary N) is 2. The monoisotopic (exact) mass is 306 g/mol. The largest absolute Gasteiger partial charge is 0.323 e. The Morgan fingerprint density at radius 1 is 1.24 bits per heavy atom. The molecule has 1 aliphatic heterocycles. The van der Waals surface area contributed by atoms with E-state index in [1.165, 1.54) is 0 Å². The summed E-state index contributed by atoms with van der Waals surface area (Å²) in [4.78, 5) is 12.1. The summed E-state index contributed by atoms with van der Waals surface area (Å²) in [6.45, 7) is 1.84. The van der Waals surface area contributed by atoms with Gasteiger partial charge in [0.2, 0.25) is 5.91 Å². The van der Waals surface area contributed by atoms with Crippen LogP contribution in [0, 0.1) is 5.92 Å². The number of hydrogen-bond donors (Lipinski definition) is 2. The number of rotatable bonds is 3. The van der Waals surface area contributed by atoms with Gasteiger partial charge in [-0.1, -0.05) is 18.2 Å². The first-order chi connectivity index (χ1) is 9.83. The number of amides is 1. The first-order valence-electron chi connectivity index (χ1n) is 6.94. The quantitative estimate of drug-likeness (QED) is 0.914. The van der Waals surface area contributed by atoms with Crippen LogP contribution < -0.4 is 10.6 Å². The van der Waals surface area contributed by atoms with Crippen LogP contribution in [0.3, 0.4) is 0 Å². The Hall–Kier alpha value is -1.85. The van der Waals surface area contributed by atoms with E-state index >= 15 is 0 Å². The SMILES string of the molecule is Cl.O=C(Nc1cnn(-c2ccccc2)c1)C1CCNCC1. The number of hydrogen-bond acceptors (Lipinski definition) is 3. The highest BCUT2D eigenvalue weighted by atomic mass is 35.5. The molecule has 1 aliphatic rings. The molecular formula is C15H19ClN4O. The molecule has 0 radical (unpaired) electrons. The van der Waals surface area contributed by atoms with E-state index in [1.807, 2.05) is 36.5 Å². The molecule has 0 saturated carbocycles. The zero-order valence-corrected chi connectivity index (χ0v) is 12.5. The second kappa shape index (κ2) is 7.24. The molecule has 1 fully saturated rings. The lowest BCUT2D eigenvalue weighted by Crippen LogP contribution is -2.34. The number of anilines is 1. The van der Waals surface area contributed by atoms with Crippen LogP contribution in [0.4, 0.5) is 5.69 Å². The number of carbonyl (C=O) groups is 1. The first kappa shape index (κ1) is 15.5. The predicted molar refractivity (Wildman–Crippen MR) is 85.0 cm³/mol. The molecule has 5 nitrogen and oxygen atoms in total. The standard InChI is InChI=1S/C15H18N4O.ClH/c20-15(12-6-8-16-9-7-12)18-13-10-17-19(11-13)14-4-2-1-3-5-14;/h1-5,10-12,16H,6-9H2,(H,18,20);1H. The summed E-state index contributed by atoms with van der Waals surface area (Å²) >= 11 is 0. The van der Waals surface area contributed by atoms with E-state index < -0.39 is 0 Å². The Morgan fingerprint density at radius 2 is 1.95 bits per heavy atom. The van der Waals surface area contributed by atoms with E-state index in [0.717, 1.165) is 37.3 Å². The maximum Gasteiger partial charge on any atom is 0.227 e. The zero-order valence-electron chi connectivity index (χ0n) is 11.7. The third-order valence-corrected chi connectivity index (χ3v) is 3.58. The number of benzene rings is 1. The molecular weight excluding hydrogens is 288 g/mol. The predicted octanol–water partition coefficient (Wildman–Crippen LogP) is 2.23. The Kier molecular flexibility index (Phi) is 5.36. The van der Waals surface area contributed by atoms with Crippen LogP contribution in [-0.4, -0.2) is 28.8 Å². The lowest BCUT2D eigenvalue weighted by Gasteiger charge is -2.21. The summed E-state index contributed by atoms with van der Waals surface area (Å²) in [5, 5.41) is 10.5. The van der Waals surface area contributed by atoms with Crippen LogP contribution in [0.25, 0.3) is 5.69 Å². The van der Waals surface area contributed by atoms with Gasteiger partial charge in [-0.25, -0.2) is 4.68 Å². The van der Waals surface area contributed by atoms with Crippen molar-refractivity contribution in [3.63, 3.8) is 0 Å². The van der Waals surface area contributed by atoms with Crippen molar-refractivity contribution in [3.05, 3.63) is 42.7 Å². The van der Waals surface area contributed by atoms with Crippen LogP contribution in [0.1, 0.15) is 12.8 Å². The van der Waals surface area contributed by atoms with Gasteiger partial charge in [0.25, 0.3) is 0 Å². The lowest BCUT2D eigenvalue weighted by molar-refractivity contribution is -0.120. The number of nitrogens with zero attached hydrogens (tertiary/aromatic N) is 2. The molecule has 2 heterocycles. The Bertz CT molecular complexity index is 578. The first-order valence-corrected chi connectivity index (χ1v) is 6.94. The summed E-state index contributed by atoms with van der Waals surface area (Å²) in [5.41, 5.74) is 1.73. The van der Waals surface area contributed by atoms with Crippen molar-refractivity contribution < 1.29 is 4.79 Å². The van der Waals surface area contributed by atoms with Gasteiger partial charge in [-0.3, -0.25) is 4.79 Å². The van der Waals surface area contributed by atoms with E-state index in [2.05, 4.69) is 15.7 Å². The van der Waals surface area contributed by atoms with Crippen molar-refractivity contribution in [2.24, 2.45) is 5.92 Å². The topological polar surface area (TPSA) is 59.0 Å². The Balaban J connectivity index is 0.00000161. The van der Waals surface area contributed by atoms with Gasteiger partial charge >= 0.3 is 0 Å². The van der Waals surface area contributed by atoms with Crippen LogP contribution >= 0.6 is 12.4 Å². The average Bonchev–Trinajstić information content (AvgIpc) is 2.97. The molecule has 1 aromatic heterocycles. The van der Waals surface area contributed by atoms with Gasteiger partial charge in [-0.15, -0.1) is 12.4 Å². The molecule has 2 aromatic rings. The molecule has 112 valence electrons. The summed E-state index contributed by atoms with van der Waals surface area (Å²) in [6, 6.07) is 9.85. The van der Waals surface area contributed by atoms with Crippen LogP contribution in [0.2, 0.25) is 0 Å². The molecule has 2 N–H and O–H groups in total. The molecule has 1 aromatic carbocycles. The molecule has 1 amide bonds. The molecule has 21 heavy (non-hydrogen) atoms. The maximum atomic E-state index is 12.1. The molecule has 0 bridgehead atoms. The van der Waals surface area contributed by atoms with E-state index in [9.17, 15) is 4.79 Å². The molecule has 0 unspecified atom stereocenters. The molecule has 1 saturated heterocycles. The lowest BCUT2D eigenvalue weighted by atomic mass is 9.97. The molecule has 0 aliphatic carbocycles. The fourth-order valence-corrected chi connectivity index (χ4v) is 2.44. The van der Waals surface area contributed by atoms with Crippen molar-refractivity contribution in [2.75, 3.05) is 18.4 Å². The number of piperidine rings is 1. The second-order valence-electron chi connectivity index (χ2n) is 5.02. The van der Waals surface area contributed by atoms with E-state index in [4.69, 9.17) is 0 Å². The normalized spacial score (nSPS) is 15.2. The van der Waals surface area contributed by atoms with Crippen molar-refractivity contribution in [2.45, 2.75) is 12.8 Å². The minimum Gasteiger partial charge on any atom is -0.323 e. The fourth-order valence-electron chi connectivity index (χ4n) is 2.44. The third kappa shape index (κ3) is 3.83. The molecule has 0 atom stereocenters. The second-order valence-corrected chi connectivity index (χ2v) is 5.02. The maximum absolute atomic E-state index is 12.1. The highest BCUT2D eigenvalue weighted by Gasteiger charge is 2.21. The van der Waals surface area contributed by atoms with Gasteiger partial charge in [-0.05, 0) is 38.1 Å². The van der Waals surface area contributed by atoms with E-state index in [-0.39, 0.29) is 24.2 Å². The summed E-state index contributed by atoms with van der Waals surface area (Å²) in [6.07, 6.45) is 5.33. The highest BCUT2D eigenvalue weighted by Crippen LogP contribution is 2.16. The summed E-state index contributed by atoms with van der Waals surface area (Å²) in [5.74, 6) is 0.204. The van der Waals surface area contributed by atoms with Crippen molar-refractivity contribution >= 4 is 24.0 Å². The molecule has 3 rings (SSSR count). The van der Waals surface area contributed by atoms with Gasteiger partial charge in [0.05, 0.1) is 23.8 Å². The van der Waals surface area contributed by atoms with Crippen molar-refractivity contribution in [1.29, 1.82) is 0 Å². The number of aromatic nitrogens is 2. The number of halogens is 1. The molecule has 6 heteroatoms. The molecule has 0 spiro atoms. The summed E-state index contributed by atoms with van der Waals surface area (Å²) in [7, 11) is 0. The Labute approximate surface area is 130 Å². The Morgan fingerprint density at radius 3 is 2.67 bits per heavy atom. The van der Waals surface area contributed by atoms with Gasteiger partial charge in [-0.2, -0.15) is 5.10 Å². The fraction of sp³-hybridized carbons (Fsp3) is 0.333. The van der Waals surface area contributed by atoms with E-state index in [0.29, 0.717) is 0 Å². The highest BCUT2D eigenvalue weighted by molar-refractivity contribution is 5.92. The van der Waals surface area contributed by atoms with Crippen molar-refractivity contribution in [1.82, 2.24) is 15.1 Å². The van der Waals surface area contributed by atoms with Gasteiger partial charge in [0.15, 0.2) is 0 Å². The minimum atomic E-state index is 0.